The topological polar surface area (TPSA) is 20.2 Å². The number of alkyl halides is 3. The first-order valence-electron chi connectivity index (χ1n) is 5.03. The molecule has 17 heavy (non-hydrogen) atoms. The van der Waals surface area contributed by atoms with Crippen molar-refractivity contribution in [1.82, 2.24) is 0 Å². The highest BCUT2D eigenvalue weighted by atomic mass is 19.4. The number of benzene rings is 1. The van der Waals surface area contributed by atoms with Gasteiger partial charge in [0.15, 0.2) is 0 Å². The van der Waals surface area contributed by atoms with Gasteiger partial charge in [-0.2, -0.15) is 13.2 Å². The molecule has 0 atom stereocenters. The van der Waals surface area contributed by atoms with Gasteiger partial charge in [-0.1, -0.05) is 0 Å². The molecule has 0 bridgehead atoms. The first-order valence-corrected chi connectivity index (χ1v) is 5.03. The third-order valence-electron chi connectivity index (χ3n) is 3.04. The van der Waals surface area contributed by atoms with Crippen molar-refractivity contribution in [2.24, 2.45) is 0 Å². The van der Waals surface area contributed by atoms with Crippen LogP contribution in [0.15, 0.2) is 12.1 Å². The van der Waals surface area contributed by atoms with Gasteiger partial charge < -0.3 is 5.11 Å². The minimum Gasteiger partial charge on any atom is -0.385 e. The molecular formula is C11H9F5O. The number of hydrogen-bond acceptors (Lipinski definition) is 1. The average Bonchev–Trinajstić information content (AvgIpc) is 2.10. The monoisotopic (exact) mass is 252 g/mol. The second-order valence-corrected chi connectivity index (χ2v) is 4.20. The van der Waals surface area contributed by atoms with E-state index in [-0.39, 0.29) is 5.56 Å². The Morgan fingerprint density at radius 3 is 1.82 bits per heavy atom. The summed E-state index contributed by atoms with van der Waals surface area (Å²) in [6.45, 7) is 0. The Balaban J connectivity index is 2.49. The quantitative estimate of drug-likeness (QED) is 0.760. The Morgan fingerprint density at radius 1 is 1.06 bits per heavy atom. The van der Waals surface area contributed by atoms with E-state index in [9.17, 15) is 27.1 Å². The molecule has 0 radical (unpaired) electrons. The summed E-state index contributed by atoms with van der Waals surface area (Å²) in [6, 6.07) is 1.12. The third kappa shape index (κ3) is 2.01. The van der Waals surface area contributed by atoms with Crippen LogP contribution in [0, 0.1) is 11.6 Å². The molecule has 2 rings (SSSR count). The molecule has 94 valence electrons. The minimum absolute atomic E-state index is 0.133. The van der Waals surface area contributed by atoms with Crippen LogP contribution in [-0.2, 0) is 11.8 Å². The Labute approximate surface area is 93.9 Å². The fourth-order valence-electron chi connectivity index (χ4n) is 1.91. The second kappa shape index (κ2) is 3.66. The lowest BCUT2D eigenvalue weighted by molar-refractivity contribution is -0.142. The molecule has 0 saturated heterocycles. The summed E-state index contributed by atoms with van der Waals surface area (Å²) in [5, 5.41) is 9.81. The summed E-state index contributed by atoms with van der Waals surface area (Å²) >= 11 is 0. The van der Waals surface area contributed by atoms with E-state index in [1.165, 1.54) is 0 Å². The maximum atomic E-state index is 13.2. The van der Waals surface area contributed by atoms with Crippen LogP contribution >= 0.6 is 0 Å². The molecule has 1 aromatic rings. The number of halogens is 5. The maximum Gasteiger partial charge on any atom is 0.422 e. The molecular weight excluding hydrogens is 243 g/mol. The van der Waals surface area contributed by atoms with E-state index in [2.05, 4.69) is 0 Å². The van der Waals surface area contributed by atoms with Gasteiger partial charge in [0.2, 0.25) is 0 Å². The van der Waals surface area contributed by atoms with Gasteiger partial charge in [-0.05, 0) is 37.0 Å². The predicted octanol–water partition coefficient (Wildman–Crippen LogP) is 3.36. The Morgan fingerprint density at radius 2 is 1.53 bits per heavy atom. The predicted molar refractivity (Wildman–Crippen MR) is 49.1 cm³/mol. The lowest BCUT2D eigenvalue weighted by Gasteiger charge is -2.37. The zero-order valence-corrected chi connectivity index (χ0v) is 8.61. The van der Waals surface area contributed by atoms with Gasteiger partial charge in [-0.15, -0.1) is 0 Å². The van der Waals surface area contributed by atoms with Gasteiger partial charge in [0.05, 0.1) is 5.60 Å². The van der Waals surface area contributed by atoms with Crippen molar-refractivity contribution < 1.29 is 27.1 Å². The van der Waals surface area contributed by atoms with E-state index in [0.29, 0.717) is 31.4 Å². The van der Waals surface area contributed by atoms with Crippen molar-refractivity contribution in [3.8, 4) is 0 Å². The molecule has 1 aliphatic carbocycles. The van der Waals surface area contributed by atoms with Crippen LogP contribution in [0.1, 0.15) is 30.4 Å². The summed E-state index contributed by atoms with van der Waals surface area (Å²) in [4.78, 5) is 0. The van der Waals surface area contributed by atoms with Crippen molar-refractivity contribution in [3.63, 3.8) is 0 Å². The summed E-state index contributed by atoms with van der Waals surface area (Å²) in [7, 11) is 0. The van der Waals surface area contributed by atoms with Gasteiger partial charge in [-0.3, -0.25) is 0 Å². The second-order valence-electron chi connectivity index (χ2n) is 4.20. The van der Waals surface area contributed by atoms with E-state index in [1.807, 2.05) is 0 Å². The first-order chi connectivity index (χ1) is 7.74. The largest absolute Gasteiger partial charge is 0.422 e. The highest BCUT2D eigenvalue weighted by Gasteiger charge is 2.41. The van der Waals surface area contributed by atoms with E-state index in [0.717, 1.165) is 0 Å². The molecule has 0 amide bonds. The van der Waals surface area contributed by atoms with Gasteiger partial charge >= 0.3 is 6.18 Å². The summed E-state index contributed by atoms with van der Waals surface area (Å²) < 4.78 is 63.3. The molecule has 1 aromatic carbocycles. The molecule has 0 aliphatic heterocycles. The maximum absolute atomic E-state index is 13.2. The van der Waals surface area contributed by atoms with Crippen LogP contribution in [0.2, 0.25) is 0 Å². The number of hydrogen-bond donors (Lipinski definition) is 1. The fourth-order valence-corrected chi connectivity index (χ4v) is 1.91. The SMILES string of the molecule is OC1(c2cc(F)c(C(F)(F)F)c(F)c2)CCC1. The van der Waals surface area contributed by atoms with Crippen LogP contribution in [0.25, 0.3) is 0 Å². The zero-order chi connectivity index (χ0) is 12.8. The van der Waals surface area contributed by atoms with Crippen LogP contribution in [-0.4, -0.2) is 5.11 Å². The van der Waals surface area contributed by atoms with Crippen LogP contribution in [0.5, 0.6) is 0 Å². The minimum atomic E-state index is -5.07. The van der Waals surface area contributed by atoms with Crippen molar-refractivity contribution in [3.05, 3.63) is 34.9 Å². The van der Waals surface area contributed by atoms with Gasteiger partial charge in [0.25, 0.3) is 0 Å². The molecule has 1 aliphatic rings. The van der Waals surface area contributed by atoms with Gasteiger partial charge in [0.1, 0.15) is 17.2 Å². The van der Waals surface area contributed by atoms with Crippen molar-refractivity contribution in [2.75, 3.05) is 0 Å². The number of aliphatic hydroxyl groups is 1. The molecule has 0 heterocycles. The van der Waals surface area contributed by atoms with Gasteiger partial charge in [-0.25, -0.2) is 8.78 Å². The van der Waals surface area contributed by atoms with E-state index in [4.69, 9.17) is 0 Å². The van der Waals surface area contributed by atoms with E-state index < -0.39 is 29.0 Å². The highest BCUT2D eigenvalue weighted by Crippen LogP contribution is 2.43. The van der Waals surface area contributed by atoms with Gasteiger partial charge in [0, 0.05) is 0 Å². The summed E-state index contributed by atoms with van der Waals surface area (Å²) in [5.41, 5.74) is -3.43. The normalized spacial score (nSPS) is 18.9. The molecule has 1 saturated carbocycles. The molecule has 1 fully saturated rings. The molecule has 0 spiro atoms. The molecule has 1 nitrogen and oxygen atoms in total. The molecule has 6 heteroatoms. The Hall–Kier alpha value is -1.17. The smallest absolute Gasteiger partial charge is 0.385 e. The molecule has 1 N–H and O–H groups in total. The number of rotatable bonds is 1. The van der Waals surface area contributed by atoms with Crippen LogP contribution in [0.3, 0.4) is 0 Å². The fraction of sp³-hybridized carbons (Fsp3) is 0.455. The summed E-state index contributed by atoms with van der Waals surface area (Å²) in [6.07, 6.45) is -3.79. The Bertz CT molecular complexity index is 425. The van der Waals surface area contributed by atoms with E-state index >= 15 is 0 Å². The van der Waals surface area contributed by atoms with Crippen molar-refractivity contribution >= 4 is 0 Å². The standard InChI is InChI=1S/C11H9F5O/c12-7-4-6(10(17)2-1-3-10)5-8(13)9(7)11(14,15)16/h4-5,17H,1-3H2. The third-order valence-corrected chi connectivity index (χ3v) is 3.04. The van der Waals surface area contributed by atoms with Crippen LogP contribution < -0.4 is 0 Å². The lowest BCUT2D eigenvalue weighted by atomic mass is 9.75. The van der Waals surface area contributed by atoms with Crippen LogP contribution in [0.4, 0.5) is 22.0 Å². The lowest BCUT2D eigenvalue weighted by Crippen LogP contribution is -2.34. The average molecular weight is 252 g/mol. The highest BCUT2D eigenvalue weighted by molar-refractivity contribution is 5.32. The molecule has 0 aromatic heterocycles. The Kier molecular flexibility index (Phi) is 2.65. The zero-order valence-electron chi connectivity index (χ0n) is 8.61. The van der Waals surface area contributed by atoms with E-state index in [1.54, 1.807) is 0 Å². The summed E-state index contributed by atoms with van der Waals surface area (Å²) in [5.74, 6) is -3.37. The first kappa shape index (κ1) is 12.3. The van der Waals surface area contributed by atoms with Crippen molar-refractivity contribution in [1.29, 1.82) is 0 Å². The van der Waals surface area contributed by atoms with Crippen molar-refractivity contribution in [2.45, 2.75) is 31.0 Å². The molecule has 0 unspecified atom stereocenters.